The van der Waals surface area contributed by atoms with E-state index in [4.69, 9.17) is 21.7 Å². The Kier molecular flexibility index (Phi) is 8.51. The van der Waals surface area contributed by atoms with Gasteiger partial charge in [0.15, 0.2) is 5.11 Å². The quantitative estimate of drug-likeness (QED) is 0.382. The van der Waals surface area contributed by atoms with E-state index in [9.17, 15) is 18.0 Å². The van der Waals surface area contributed by atoms with Crippen LogP contribution in [0, 0.1) is 6.92 Å². The van der Waals surface area contributed by atoms with Crippen LogP contribution in [0.2, 0.25) is 0 Å². The molecule has 0 saturated carbocycles. The summed E-state index contributed by atoms with van der Waals surface area (Å²) in [5.41, 5.74) is 1.17. The van der Waals surface area contributed by atoms with Gasteiger partial charge in [-0.3, -0.25) is 0 Å². The number of thiocarbonyl (C=S) groups is 1. The Morgan fingerprint density at radius 3 is 2.16 bits per heavy atom. The van der Waals surface area contributed by atoms with Crippen molar-refractivity contribution in [1.29, 1.82) is 0 Å². The maximum Gasteiger partial charge on any atom is 0.348 e. The number of rotatable bonds is 8. The topological polar surface area (TPSA) is 123 Å². The Bertz CT molecular complexity index is 1080. The first-order valence-corrected chi connectivity index (χ1v) is 11.9. The lowest BCUT2D eigenvalue weighted by Gasteiger charge is -2.11. The average molecular weight is 486 g/mol. The van der Waals surface area contributed by atoms with E-state index in [2.05, 4.69) is 15.4 Å². The van der Waals surface area contributed by atoms with Crippen molar-refractivity contribution in [2.24, 2.45) is 0 Å². The highest BCUT2D eigenvalue weighted by Gasteiger charge is 2.26. The summed E-state index contributed by atoms with van der Waals surface area (Å²) in [6, 6.07) is 5.95. The van der Waals surface area contributed by atoms with Crippen LogP contribution in [0.25, 0.3) is 0 Å². The Hall–Kier alpha value is -2.54. The highest BCUT2D eigenvalue weighted by molar-refractivity contribution is 7.89. The second-order valence-electron chi connectivity index (χ2n) is 6.01. The van der Waals surface area contributed by atoms with Crippen LogP contribution in [0.4, 0.5) is 10.7 Å². The fourth-order valence-corrected chi connectivity index (χ4v) is 4.65. The van der Waals surface area contributed by atoms with E-state index < -0.39 is 22.0 Å². The number of carbonyl (C=O) groups excluding carboxylic acids is 2. The van der Waals surface area contributed by atoms with Crippen molar-refractivity contribution in [2.45, 2.75) is 25.7 Å². The first-order valence-electron chi connectivity index (χ1n) is 9.23. The van der Waals surface area contributed by atoms with E-state index in [0.717, 1.165) is 11.3 Å². The highest BCUT2D eigenvalue weighted by atomic mass is 32.2. The lowest BCUT2D eigenvalue weighted by Crippen LogP contribution is -2.21. The van der Waals surface area contributed by atoms with Crippen LogP contribution < -0.4 is 15.4 Å². The molecule has 0 aliphatic heterocycles. The average Bonchev–Trinajstić information content (AvgIpc) is 3.04. The molecule has 0 saturated heterocycles. The Morgan fingerprint density at radius 1 is 1.03 bits per heavy atom. The number of anilines is 2. The van der Waals surface area contributed by atoms with Crippen molar-refractivity contribution in [3.05, 3.63) is 40.3 Å². The minimum Gasteiger partial charge on any atom is -0.462 e. The molecule has 1 aromatic carbocycles. The van der Waals surface area contributed by atoms with E-state index in [0.29, 0.717) is 16.3 Å². The number of hydrogen-bond acceptors (Lipinski definition) is 8. The van der Waals surface area contributed by atoms with Crippen molar-refractivity contribution in [2.75, 3.05) is 30.9 Å². The standard InChI is InChI=1S/C19H23N3O6S3/c1-5-27-17(23)14-11(3)15(18(24)28-6-2)30-16(14)22-19(29)21-12-7-9-13(10-8-12)31(25,26)20-4/h7-10,20H,5-6H2,1-4H3,(H2,21,22,29). The van der Waals surface area contributed by atoms with Gasteiger partial charge in [0.2, 0.25) is 10.0 Å². The third kappa shape index (κ3) is 6.00. The first kappa shape index (κ1) is 24.7. The molecule has 1 heterocycles. The lowest BCUT2D eigenvalue weighted by molar-refractivity contribution is 0.0527. The molecule has 31 heavy (non-hydrogen) atoms. The summed E-state index contributed by atoms with van der Waals surface area (Å²) in [5.74, 6) is -1.12. The summed E-state index contributed by atoms with van der Waals surface area (Å²) < 4.78 is 36.0. The van der Waals surface area contributed by atoms with E-state index in [1.54, 1.807) is 32.9 Å². The fourth-order valence-electron chi connectivity index (χ4n) is 2.54. The van der Waals surface area contributed by atoms with Gasteiger partial charge in [-0.25, -0.2) is 22.7 Å². The van der Waals surface area contributed by atoms with Gasteiger partial charge in [-0.05, 0) is 69.9 Å². The molecule has 0 spiro atoms. The number of sulfonamides is 1. The van der Waals surface area contributed by atoms with E-state index in [1.165, 1.54) is 19.2 Å². The van der Waals surface area contributed by atoms with Gasteiger partial charge in [-0.2, -0.15) is 0 Å². The maximum absolute atomic E-state index is 12.4. The zero-order valence-electron chi connectivity index (χ0n) is 17.4. The molecule has 0 fully saturated rings. The molecule has 12 heteroatoms. The van der Waals surface area contributed by atoms with Crippen LogP contribution in [0.1, 0.15) is 39.4 Å². The van der Waals surface area contributed by atoms with E-state index in [-0.39, 0.29) is 33.7 Å². The van der Waals surface area contributed by atoms with Crippen LogP contribution in [0.3, 0.4) is 0 Å². The van der Waals surface area contributed by atoms with Crippen molar-refractivity contribution in [1.82, 2.24) is 4.72 Å². The molecule has 2 aromatic rings. The summed E-state index contributed by atoms with van der Waals surface area (Å²) >= 11 is 6.35. The summed E-state index contributed by atoms with van der Waals surface area (Å²) in [6.45, 7) is 5.39. The summed E-state index contributed by atoms with van der Waals surface area (Å²) in [4.78, 5) is 25.1. The van der Waals surface area contributed by atoms with E-state index in [1.807, 2.05) is 0 Å². The smallest absolute Gasteiger partial charge is 0.348 e. The fraction of sp³-hybridized carbons (Fsp3) is 0.316. The molecule has 0 unspecified atom stereocenters. The molecule has 9 nitrogen and oxygen atoms in total. The molecule has 0 atom stereocenters. The zero-order chi connectivity index (χ0) is 23.2. The van der Waals surface area contributed by atoms with Gasteiger partial charge in [0.25, 0.3) is 0 Å². The molecular formula is C19H23N3O6S3. The largest absolute Gasteiger partial charge is 0.462 e. The number of esters is 2. The molecule has 0 bridgehead atoms. The number of ether oxygens (including phenoxy) is 2. The number of thiophene rings is 1. The molecule has 0 aliphatic rings. The first-order chi connectivity index (χ1) is 14.6. The van der Waals surface area contributed by atoms with Crippen molar-refractivity contribution in [3.8, 4) is 0 Å². The third-order valence-electron chi connectivity index (χ3n) is 4.01. The van der Waals surface area contributed by atoms with Crippen molar-refractivity contribution in [3.63, 3.8) is 0 Å². The zero-order valence-corrected chi connectivity index (χ0v) is 19.8. The molecule has 0 radical (unpaired) electrons. The SMILES string of the molecule is CCOC(=O)c1sc(NC(=S)Nc2ccc(S(=O)(=O)NC)cc2)c(C(=O)OCC)c1C. The van der Waals surface area contributed by atoms with E-state index >= 15 is 0 Å². The number of nitrogens with one attached hydrogen (secondary N) is 3. The van der Waals surface area contributed by atoms with Crippen LogP contribution in [0.15, 0.2) is 29.2 Å². The second-order valence-corrected chi connectivity index (χ2v) is 9.33. The Labute approximate surface area is 190 Å². The highest BCUT2D eigenvalue weighted by Crippen LogP contribution is 2.34. The molecule has 168 valence electrons. The molecule has 2 rings (SSSR count). The molecule has 3 N–H and O–H groups in total. The summed E-state index contributed by atoms with van der Waals surface area (Å²) in [5, 5.41) is 6.31. The van der Waals surface area contributed by atoms with Crippen molar-refractivity contribution >= 4 is 61.3 Å². The Morgan fingerprint density at radius 2 is 1.61 bits per heavy atom. The van der Waals surface area contributed by atoms with Gasteiger partial charge < -0.3 is 20.1 Å². The normalized spacial score (nSPS) is 11.0. The van der Waals surface area contributed by atoms with Gasteiger partial charge in [0.05, 0.1) is 23.7 Å². The molecule has 1 aromatic heterocycles. The molecule has 0 aliphatic carbocycles. The van der Waals surface area contributed by atoms with Crippen LogP contribution in [-0.4, -0.2) is 45.7 Å². The minimum absolute atomic E-state index is 0.108. The van der Waals surface area contributed by atoms with Crippen molar-refractivity contribution < 1.29 is 27.5 Å². The number of carbonyl (C=O) groups is 2. The minimum atomic E-state index is -3.55. The van der Waals surface area contributed by atoms with Gasteiger partial charge in [0, 0.05) is 5.69 Å². The summed E-state index contributed by atoms with van der Waals surface area (Å²) in [7, 11) is -2.22. The second kappa shape index (κ2) is 10.7. The van der Waals surface area contributed by atoms with Crippen LogP contribution in [0.5, 0.6) is 0 Å². The maximum atomic E-state index is 12.4. The van der Waals surface area contributed by atoms with Crippen LogP contribution >= 0.6 is 23.6 Å². The predicted octanol–water partition coefficient (Wildman–Crippen LogP) is 3.13. The lowest BCUT2D eigenvalue weighted by atomic mass is 10.1. The third-order valence-corrected chi connectivity index (χ3v) is 6.83. The summed E-state index contributed by atoms with van der Waals surface area (Å²) in [6.07, 6.45) is 0. The van der Waals surface area contributed by atoms with Gasteiger partial charge in [0.1, 0.15) is 9.88 Å². The van der Waals surface area contributed by atoms with Gasteiger partial charge >= 0.3 is 11.9 Å². The Balaban J connectivity index is 2.26. The van der Waals surface area contributed by atoms with Gasteiger partial charge in [-0.15, -0.1) is 11.3 Å². The van der Waals surface area contributed by atoms with Crippen LogP contribution in [-0.2, 0) is 19.5 Å². The predicted molar refractivity (Wildman–Crippen MR) is 123 cm³/mol. The number of hydrogen-bond donors (Lipinski definition) is 3. The molecule has 0 amide bonds. The molecular weight excluding hydrogens is 462 g/mol. The number of benzene rings is 1. The monoisotopic (exact) mass is 485 g/mol. The van der Waals surface area contributed by atoms with Gasteiger partial charge in [-0.1, -0.05) is 0 Å².